The molecule has 0 aliphatic carbocycles. The highest BCUT2D eigenvalue weighted by atomic mass is 16.5. The number of anilines is 1. The van der Waals surface area contributed by atoms with Crippen LogP contribution in [0.25, 0.3) is 11.3 Å². The summed E-state index contributed by atoms with van der Waals surface area (Å²) in [5.41, 5.74) is 0.626. The van der Waals surface area contributed by atoms with Gasteiger partial charge >= 0.3 is 0 Å². The number of phenols is 1. The highest BCUT2D eigenvalue weighted by molar-refractivity contribution is 5.68. The fourth-order valence-corrected chi connectivity index (χ4v) is 2.51. The molecule has 1 aliphatic heterocycles. The van der Waals surface area contributed by atoms with E-state index in [1.165, 1.54) is 19.3 Å². The first-order valence-corrected chi connectivity index (χ1v) is 6.87. The summed E-state index contributed by atoms with van der Waals surface area (Å²) in [6.07, 6.45) is 3.66. The lowest BCUT2D eigenvalue weighted by Crippen LogP contribution is -2.29. The van der Waals surface area contributed by atoms with E-state index >= 15 is 0 Å². The molecule has 3 rings (SSSR count). The van der Waals surface area contributed by atoms with Gasteiger partial charge in [0.05, 0.1) is 12.7 Å². The van der Waals surface area contributed by atoms with Gasteiger partial charge in [0.1, 0.15) is 11.5 Å². The first kappa shape index (κ1) is 12.8. The first-order valence-electron chi connectivity index (χ1n) is 6.87. The Bertz CT molecular complexity index is 589. The van der Waals surface area contributed by atoms with Crippen LogP contribution in [0, 0.1) is 0 Å². The number of piperidine rings is 1. The van der Waals surface area contributed by atoms with Gasteiger partial charge in [-0.25, -0.2) is 0 Å². The molecule has 0 spiro atoms. The average Bonchev–Trinajstić information content (AvgIpc) is 2.97. The van der Waals surface area contributed by atoms with Gasteiger partial charge in [-0.3, -0.25) is 0 Å². The smallest absolute Gasteiger partial charge is 0.172 e. The van der Waals surface area contributed by atoms with Crippen molar-refractivity contribution in [1.29, 1.82) is 0 Å². The Morgan fingerprint density at radius 3 is 2.70 bits per heavy atom. The van der Waals surface area contributed by atoms with Crippen molar-refractivity contribution in [3.63, 3.8) is 0 Å². The van der Waals surface area contributed by atoms with Gasteiger partial charge in [-0.1, -0.05) is 5.16 Å². The molecule has 1 aliphatic rings. The van der Waals surface area contributed by atoms with Gasteiger partial charge in [0.15, 0.2) is 11.6 Å². The van der Waals surface area contributed by atoms with Crippen molar-refractivity contribution in [2.45, 2.75) is 19.3 Å². The Kier molecular flexibility index (Phi) is 3.50. The molecule has 0 bridgehead atoms. The zero-order chi connectivity index (χ0) is 13.9. The van der Waals surface area contributed by atoms with Crippen molar-refractivity contribution in [1.82, 2.24) is 5.16 Å². The van der Waals surface area contributed by atoms with Gasteiger partial charge in [0.25, 0.3) is 0 Å². The van der Waals surface area contributed by atoms with Gasteiger partial charge in [-0.05, 0) is 31.4 Å². The lowest BCUT2D eigenvalue weighted by Gasteiger charge is -2.25. The predicted molar refractivity (Wildman–Crippen MR) is 76.2 cm³/mol. The van der Waals surface area contributed by atoms with Gasteiger partial charge < -0.3 is 19.3 Å². The van der Waals surface area contributed by atoms with Crippen LogP contribution >= 0.6 is 0 Å². The number of methoxy groups -OCH3 is 1. The fourth-order valence-electron chi connectivity index (χ4n) is 2.51. The highest BCUT2D eigenvalue weighted by Crippen LogP contribution is 2.34. The molecule has 5 nitrogen and oxygen atoms in total. The molecule has 5 heteroatoms. The van der Waals surface area contributed by atoms with Crippen molar-refractivity contribution in [2.24, 2.45) is 0 Å². The molecule has 106 valence electrons. The number of nitrogens with zero attached hydrogens (tertiary/aromatic N) is 2. The summed E-state index contributed by atoms with van der Waals surface area (Å²) in [6.45, 7) is 2.03. The molecule has 1 aromatic carbocycles. The topological polar surface area (TPSA) is 58.7 Å². The summed E-state index contributed by atoms with van der Waals surface area (Å²) in [7, 11) is 1.57. The molecule has 0 saturated carbocycles. The van der Waals surface area contributed by atoms with E-state index in [2.05, 4.69) is 10.1 Å². The average molecular weight is 274 g/mol. The maximum atomic E-state index is 10.0. The summed E-state index contributed by atoms with van der Waals surface area (Å²) in [4.78, 5) is 2.22. The Hall–Kier alpha value is -2.17. The number of benzene rings is 1. The van der Waals surface area contributed by atoms with E-state index in [1.807, 2.05) is 6.07 Å². The molecule has 1 saturated heterocycles. The number of hydrogen-bond donors (Lipinski definition) is 1. The third-order valence-electron chi connectivity index (χ3n) is 3.65. The molecule has 1 N–H and O–H groups in total. The Morgan fingerprint density at radius 2 is 2.00 bits per heavy atom. The number of aromatic nitrogens is 1. The largest absolute Gasteiger partial charge is 0.507 e. The van der Waals surface area contributed by atoms with E-state index in [0.717, 1.165) is 18.9 Å². The molecule has 0 amide bonds. The summed E-state index contributed by atoms with van der Waals surface area (Å²) < 4.78 is 10.4. The molecule has 20 heavy (non-hydrogen) atoms. The van der Waals surface area contributed by atoms with Gasteiger partial charge in [-0.15, -0.1) is 0 Å². The Labute approximate surface area is 117 Å². The number of phenolic OH excluding ortho intramolecular Hbond substituents is 1. The molecular formula is C15H18N2O3. The standard InChI is InChI=1S/C15H18N2O3/c1-19-11-5-6-12(13(18)9-11)14-10-15(16-20-14)17-7-3-2-4-8-17/h5-6,9-10,18H,2-4,7-8H2,1H3. The van der Waals surface area contributed by atoms with Crippen LogP contribution in [0.5, 0.6) is 11.5 Å². The van der Waals surface area contributed by atoms with Crippen molar-refractivity contribution < 1.29 is 14.4 Å². The number of rotatable bonds is 3. The van der Waals surface area contributed by atoms with Crippen LogP contribution in [-0.4, -0.2) is 30.5 Å². The van der Waals surface area contributed by atoms with E-state index in [9.17, 15) is 5.11 Å². The minimum absolute atomic E-state index is 0.130. The summed E-state index contributed by atoms with van der Waals surface area (Å²) in [6, 6.07) is 7.01. The normalized spacial score (nSPS) is 15.3. The lowest BCUT2D eigenvalue weighted by molar-refractivity contribution is 0.405. The number of aromatic hydroxyl groups is 1. The zero-order valence-electron chi connectivity index (χ0n) is 11.5. The van der Waals surface area contributed by atoms with E-state index in [4.69, 9.17) is 9.26 Å². The maximum Gasteiger partial charge on any atom is 0.172 e. The van der Waals surface area contributed by atoms with Crippen LogP contribution in [0.2, 0.25) is 0 Å². The van der Waals surface area contributed by atoms with Gasteiger partial charge in [0, 0.05) is 25.2 Å². The van der Waals surface area contributed by atoms with Crippen LogP contribution in [0.3, 0.4) is 0 Å². The lowest BCUT2D eigenvalue weighted by atomic mass is 10.1. The molecule has 2 aromatic rings. The van der Waals surface area contributed by atoms with Crippen molar-refractivity contribution in [3.8, 4) is 22.8 Å². The maximum absolute atomic E-state index is 10.0. The predicted octanol–water partition coefficient (Wildman–Crippen LogP) is 3.05. The van der Waals surface area contributed by atoms with Crippen LogP contribution in [-0.2, 0) is 0 Å². The Balaban J connectivity index is 1.85. The van der Waals surface area contributed by atoms with Gasteiger partial charge in [-0.2, -0.15) is 0 Å². The summed E-state index contributed by atoms with van der Waals surface area (Å²) in [5, 5.41) is 14.1. The van der Waals surface area contributed by atoms with Gasteiger partial charge in [0.2, 0.25) is 0 Å². The zero-order valence-corrected chi connectivity index (χ0v) is 11.5. The molecule has 0 radical (unpaired) electrons. The van der Waals surface area contributed by atoms with Crippen LogP contribution in [0.15, 0.2) is 28.8 Å². The fraction of sp³-hybridized carbons (Fsp3) is 0.400. The molecule has 1 fully saturated rings. The minimum atomic E-state index is 0.130. The van der Waals surface area contributed by atoms with Crippen molar-refractivity contribution in [3.05, 3.63) is 24.3 Å². The van der Waals surface area contributed by atoms with Crippen molar-refractivity contribution >= 4 is 5.82 Å². The first-order chi connectivity index (χ1) is 9.78. The number of hydrogen-bond acceptors (Lipinski definition) is 5. The molecule has 2 heterocycles. The molecule has 1 aromatic heterocycles. The quantitative estimate of drug-likeness (QED) is 0.932. The van der Waals surface area contributed by atoms with E-state index in [0.29, 0.717) is 17.1 Å². The van der Waals surface area contributed by atoms with E-state index in [-0.39, 0.29) is 5.75 Å². The van der Waals surface area contributed by atoms with E-state index in [1.54, 1.807) is 25.3 Å². The molecular weight excluding hydrogens is 256 g/mol. The molecule has 0 atom stereocenters. The second-order valence-corrected chi connectivity index (χ2v) is 4.98. The third-order valence-corrected chi connectivity index (χ3v) is 3.65. The summed E-state index contributed by atoms with van der Waals surface area (Å²) in [5.74, 6) is 2.16. The number of ether oxygens (including phenoxy) is 1. The SMILES string of the molecule is COc1ccc(-c2cc(N3CCCCC3)no2)c(O)c1. The van der Waals surface area contributed by atoms with Crippen LogP contribution in [0.1, 0.15) is 19.3 Å². The second-order valence-electron chi connectivity index (χ2n) is 4.98. The summed E-state index contributed by atoms with van der Waals surface area (Å²) >= 11 is 0. The van der Waals surface area contributed by atoms with Crippen molar-refractivity contribution in [2.75, 3.05) is 25.1 Å². The van der Waals surface area contributed by atoms with Crippen LogP contribution < -0.4 is 9.64 Å². The third kappa shape index (κ3) is 2.43. The minimum Gasteiger partial charge on any atom is -0.507 e. The molecule has 0 unspecified atom stereocenters. The monoisotopic (exact) mass is 274 g/mol. The van der Waals surface area contributed by atoms with E-state index < -0.39 is 0 Å². The highest BCUT2D eigenvalue weighted by Gasteiger charge is 2.17. The Morgan fingerprint density at radius 1 is 1.20 bits per heavy atom. The second kappa shape index (κ2) is 5.45. The van der Waals surface area contributed by atoms with Crippen LogP contribution in [0.4, 0.5) is 5.82 Å².